The zero-order valence-corrected chi connectivity index (χ0v) is 7.87. The van der Waals surface area contributed by atoms with E-state index in [1.807, 2.05) is 6.08 Å². The van der Waals surface area contributed by atoms with E-state index in [2.05, 4.69) is 6.08 Å². The number of carbonyl (C=O) groups excluding carboxylic acids is 1. The van der Waals surface area contributed by atoms with Crippen LogP contribution in [0.5, 0.6) is 0 Å². The fourth-order valence-corrected chi connectivity index (χ4v) is 2.11. The van der Waals surface area contributed by atoms with E-state index in [1.165, 1.54) is 12.8 Å². The van der Waals surface area contributed by atoms with E-state index in [0.29, 0.717) is 0 Å². The zero-order valence-electron chi connectivity index (χ0n) is 7.87. The van der Waals surface area contributed by atoms with Gasteiger partial charge in [-0.3, -0.25) is 4.79 Å². The van der Waals surface area contributed by atoms with Crippen molar-refractivity contribution in [2.75, 3.05) is 0 Å². The minimum absolute atomic E-state index is 0.0362. The minimum Gasteiger partial charge on any atom is -0.458 e. The Balaban J connectivity index is 1.79. The summed E-state index contributed by atoms with van der Waals surface area (Å²) >= 11 is 0. The SMILES string of the molecule is O=C(OC1C=CCC1)C1CCCC1. The van der Waals surface area contributed by atoms with E-state index < -0.39 is 0 Å². The predicted molar refractivity (Wildman–Crippen MR) is 50.2 cm³/mol. The molecule has 0 amide bonds. The summed E-state index contributed by atoms with van der Waals surface area (Å²) in [5.41, 5.74) is 0. The van der Waals surface area contributed by atoms with Crippen molar-refractivity contribution in [3.63, 3.8) is 0 Å². The van der Waals surface area contributed by atoms with Gasteiger partial charge in [-0.2, -0.15) is 0 Å². The maximum Gasteiger partial charge on any atom is 0.309 e. The molecule has 0 aromatic heterocycles. The smallest absolute Gasteiger partial charge is 0.309 e. The first-order valence-corrected chi connectivity index (χ1v) is 5.23. The summed E-state index contributed by atoms with van der Waals surface area (Å²) in [7, 11) is 0. The molecule has 0 aromatic rings. The van der Waals surface area contributed by atoms with Crippen LogP contribution in [0.25, 0.3) is 0 Å². The second kappa shape index (κ2) is 3.95. The maximum absolute atomic E-state index is 11.5. The van der Waals surface area contributed by atoms with Gasteiger partial charge < -0.3 is 4.74 Å². The number of hydrogen-bond donors (Lipinski definition) is 0. The van der Waals surface area contributed by atoms with Crippen LogP contribution in [0.4, 0.5) is 0 Å². The number of esters is 1. The van der Waals surface area contributed by atoms with Crippen molar-refractivity contribution < 1.29 is 9.53 Å². The molecule has 1 saturated carbocycles. The lowest BCUT2D eigenvalue weighted by Crippen LogP contribution is -2.20. The van der Waals surface area contributed by atoms with E-state index in [4.69, 9.17) is 4.74 Å². The van der Waals surface area contributed by atoms with Gasteiger partial charge in [0, 0.05) is 0 Å². The molecule has 72 valence electrons. The lowest BCUT2D eigenvalue weighted by molar-refractivity contribution is -0.151. The summed E-state index contributed by atoms with van der Waals surface area (Å²) in [6.07, 6.45) is 10.7. The van der Waals surface area contributed by atoms with Crippen molar-refractivity contribution in [3.05, 3.63) is 12.2 Å². The molecule has 0 heterocycles. The van der Waals surface area contributed by atoms with E-state index >= 15 is 0 Å². The highest BCUT2D eigenvalue weighted by Gasteiger charge is 2.26. The highest BCUT2D eigenvalue weighted by molar-refractivity contribution is 5.73. The van der Waals surface area contributed by atoms with Crippen LogP contribution in [0.1, 0.15) is 38.5 Å². The topological polar surface area (TPSA) is 26.3 Å². The number of hydrogen-bond acceptors (Lipinski definition) is 2. The highest BCUT2D eigenvalue weighted by atomic mass is 16.5. The van der Waals surface area contributed by atoms with Gasteiger partial charge in [0.1, 0.15) is 6.10 Å². The third-order valence-electron chi connectivity index (χ3n) is 2.92. The van der Waals surface area contributed by atoms with Crippen molar-refractivity contribution in [2.24, 2.45) is 5.92 Å². The first-order chi connectivity index (χ1) is 6.36. The van der Waals surface area contributed by atoms with Crippen LogP contribution >= 0.6 is 0 Å². The molecule has 2 heteroatoms. The Morgan fingerprint density at radius 1 is 1.23 bits per heavy atom. The van der Waals surface area contributed by atoms with Crippen LogP contribution in [0, 0.1) is 5.92 Å². The number of ether oxygens (including phenoxy) is 1. The van der Waals surface area contributed by atoms with Crippen LogP contribution in [0.2, 0.25) is 0 Å². The first kappa shape index (κ1) is 8.79. The molecule has 0 radical (unpaired) electrons. The molecule has 0 N–H and O–H groups in total. The van der Waals surface area contributed by atoms with Crippen molar-refractivity contribution >= 4 is 5.97 Å². The highest BCUT2D eigenvalue weighted by Crippen LogP contribution is 2.27. The van der Waals surface area contributed by atoms with E-state index in [-0.39, 0.29) is 18.0 Å². The van der Waals surface area contributed by atoms with Crippen LogP contribution in [0.15, 0.2) is 12.2 Å². The van der Waals surface area contributed by atoms with Crippen molar-refractivity contribution in [3.8, 4) is 0 Å². The predicted octanol–water partition coefficient (Wildman–Crippen LogP) is 2.44. The summed E-state index contributed by atoms with van der Waals surface area (Å²) < 4.78 is 5.37. The van der Waals surface area contributed by atoms with Gasteiger partial charge >= 0.3 is 5.97 Å². The summed E-state index contributed by atoms with van der Waals surface area (Å²) in [6, 6.07) is 0. The van der Waals surface area contributed by atoms with Gasteiger partial charge in [0.05, 0.1) is 5.92 Å². The lowest BCUT2D eigenvalue weighted by Gasteiger charge is -2.13. The van der Waals surface area contributed by atoms with Gasteiger partial charge in [-0.1, -0.05) is 18.9 Å². The Morgan fingerprint density at radius 3 is 2.62 bits per heavy atom. The molecule has 0 bridgehead atoms. The summed E-state index contributed by atoms with van der Waals surface area (Å²) in [6.45, 7) is 0. The molecule has 0 saturated heterocycles. The molecule has 1 fully saturated rings. The van der Waals surface area contributed by atoms with E-state index in [9.17, 15) is 4.79 Å². The Hall–Kier alpha value is -0.790. The largest absolute Gasteiger partial charge is 0.458 e. The lowest BCUT2D eigenvalue weighted by atomic mass is 10.1. The Labute approximate surface area is 79.0 Å². The number of allylic oxidation sites excluding steroid dienone is 1. The quantitative estimate of drug-likeness (QED) is 0.482. The molecule has 1 atom stereocenters. The van der Waals surface area contributed by atoms with Crippen LogP contribution in [-0.2, 0) is 9.53 Å². The number of carbonyl (C=O) groups is 1. The summed E-state index contributed by atoms with van der Waals surface area (Å²) in [5.74, 6) is 0.239. The van der Waals surface area contributed by atoms with Crippen molar-refractivity contribution in [1.29, 1.82) is 0 Å². The molecule has 2 aliphatic carbocycles. The fraction of sp³-hybridized carbons (Fsp3) is 0.727. The molecule has 0 spiro atoms. The fourth-order valence-electron chi connectivity index (χ4n) is 2.11. The molecule has 13 heavy (non-hydrogen) atoms. The van der Waals surface area contributed by atoms with E-state index in [0.717, 1.165) is 25.7 Å². The van der Waals surface area contributed by atoms with Crippen LogP contribution in [-0.4, -0.2) is 12.1 Å². The van der Waals surface area contributed by atoms with Gasteiger partial charge in [-0.15, -0.1) is 0 Å². The van der Waals surface area contributed by atoms with Gasteiger partial charge in [-0.05, 0) is 31.8 Å². The van der Waals surface area contributed by atoms with E-state index in [1.54, 1.807) is 0 Å². The molecule has 0 aliphatic heterocycles. The van der Waals surface area contributed by atoms with Gasteiger partial charge in [0.2, 0.25) is 0 Å². The standard InChI is InChI=1S/C11H16O2/c12-11(9-5-1-2-6-9)13-10-7-3-4-8-10/h3,7,9-10H,1-2,4-6,8H2. The second-order valence-electron chi connectivity index (χ2n) is 3.96. The van der Waals surface area contributed by atoms with Gasteiger partial charge in [0.15, 0.2) is 0 Å². The maximum atomic E-state index is 11.5. The molecule has 0 aromatic carbocycles. The molecular weight excluding hydrogens is 164 g/mol. The normalized spacial score (nSPS) is 28.2. The van der Waals surface area contributed by atoms with Crippen LogP contribution in [0.3, 0.4) is 0 Å². The van der Waals surface area contributed by atoms with Gasteiger partial charge in [0.25, 0.3) is 0 Å². The minimum atomic E-state index is 0.0362. The molecule has 1 unspecified atom stereocenters. The average Bonchev–Trinajstić information content (AvgIpc) is 2.74. The third kappa shape index (κ3) is 2.11. The monoisotopic (exact) mass is 180 g/mol. The number of rotatable bonds is 2. The van der Waals surface area contributed by atoms with Gasteiger partial charge in [-0.25, -0.2) is 0 Å². The third-order valence-corrected chi connectivity index (χ3v) is 2.92. The molecule has 2 aliphatic rings. The Morgan fingerprint density at radius 2 is 2.00 bits per heavy atom. The molecule has 2 rings (SSSR count). The summed E-state index contributed by atoms with van der Waals surface area (Å²) in [5, 5.41) is 0. The first-order valence-electron chi connectivity index (χ1n) is 5.23. The summed E-state index contributed by atoms with van der Waals surface area (Å²) in [4.78, 5) is 11.5. The Bertz CT molecular complexity index is 214. The average molecular weight is 180 g/mol. The zero-order chi connectivity index (χ0) is 9.10. The van der Waals surface area contributed by atoms with Crippen LogP contribution < -0.4 is 0 Å². The van der Waals surface area contributed by atoms with Crippen molar-refractivity contribution in [2.45, 2.75) is 44.6 Å². The Kier molecular flexibility index (Phi) is 2.67. The molecular formula is C11H16O2. The molecule has 2 nitrogen and oxygen atoms in total. The van der Waals surface area contributed by atoms with Crippen molar-refractivity contribution in [1.82, 2.24) is 0 Å². The second-order valence-corrected chi connectivity index (χ2v) is 3.96.